The fraction of sp³-hybridized carbons (Fsp3) is 0.500. The van der Waals surface area contributed by atoms with E-state index in [1.807, 2.05) is 12.1 Å². The van der Waals surface area contributed by atoms with Crippen LogP contribution in [0.3, 0.4) is 0 Å². The van der Waals surface area contributed by atoms with Crippen LogP contribution >= 0.6 is 0 Å². The normalized spacial score (nSPS) is 16.7. The maximum atomic E-state index is 8.62. The maximum Gasteiger partial charge on any atom is 0.140 e. The Morgan fingerprint density at radius 3 is 2.88 bits per heavy atom. The second-order valence-electron chi connectivity index (χ2n) is 3.98. The van der Waals surface area contributed by atoms with Gasteiger partial charge in [-0.1, -0.05) is 0 Å². The molecule has 4 heteroatoms. The Kier molecular flexibility index (Phi) is 3.73. The minimum Gasteiger partial charge on any atom is -0.384 e. The molecule has 1 aromatic heterocycles. The average Bonchev–Trinajstić information content (AvgIpc) is 2.38. The molecule has 0 saturated carbocycles. The molecule has 0 radical (unpaired) electrons. The second-order valence-corrected chi connectivity index (χ2v) is 3.98. The van der Waals surface area contributed by atoms with Crippen LogP contribution in [0.4, 0.5) is 5.69 Å². The van der Waals surface area contributed by atoms with Crippen LogP contribution in [-0.2, 0) is 4.74 Å². The molecule has 0 atom stereocenters. The Morgan fingerprint density at radius 1 is 1.44 bits per heavy atom. The molecule has 4 nitrogen and oxygen atoms in total. The van der Waals surface area contributed by atoms with Gasteiger partial charge < -0.3 is 10.1 Å². The minimum absolute atomic E-state index is 0.455. The Hall–Kier alpha value is -1.60. The molecular weight excluding hydrogens is 202 g/mol. The lowest BCUT2D eigenvalue weighted by molar-refractivity contribution is 0.0699. The SMILES string of the molecule is N#Cc1ccc(NCC2CCOCC2)cn1. The Morgan fingerprint density at radius 2 is 2.25 bits per heavy atom. The Labute approximate surface area is 95.3 Å². The molecule has 1 N–H and O–H groups in total. The molecule has 0 amide bonds. The topological polar surface area (TPSA) is 57.9 Å². The highest BCUT2D eigenvalue weighted by atomic mass is 16.5. The van der Waals surface area contributed by atoms with Gasteiger partial charge in [0.2, 0.25) is 0 Å². The zero-order valence-electron chi connectivity index (χ0n) is 9.15. The molecule has 1 aliphatic rings. The number of ether oxygens (including phenoxy) is 1. The Bertz CT molecular complexity index is 363. The molecule has 1 aliphatic heterocycles. The molecule has 1 fully saturated rings. The van der Waals surface area contributed by atoms with Crippen molar-refractivity contribution >= 4 is 5.69 Å². The van der Waals surface area contributed by atoms with E-state index in [2.05, 4.69) is 10.3 Å². The number of nitrogens with zero attached hydrogens (tertiary/aromatic N) is 2. The van der Waals surface area contributed by atoms with E-state index in [4.69, 9.17) is 10.00 Å². The summed E-state index contributed by atoms with van der Waals surface area (Å²) in [5, 5.41) is 12.0. The summed E-state index contributed by atoms with van der Waals surface area (Å²) in [7, 11) is 0. The van der Waals surface area contributed by atoms with Crippen molar-refractivity contribution in [1.82, 2.24) is 4.98 Å². The lowest BCUT2D eigenvalue weighted by Gasteiger charge is -2.22. The number of aromatic nitrogens is 1. The minimum atomic E-state index is 0.455. The van der Waals surface area contributed by atoms with Gasteiger partial charge in [-0.05, 0) is 30.9 Å². The van der Waals surface area contributed by atoms with Crippen LogP contribution in [0.1, 0.15) is 18.5 Å². The van der Waals surface area contributed by atoms with Crippen molar-refractivity contribution in [1.29, 1.82) is 5.26 Å². The van der Waals surface area contributed by atoms with E-state index in [0.717, 1.165) is 38.3 Å². The van der Waals surface area contributed by atoms with Crippen LogP contribution in [0.5, 0.6) is 0 Å². The summed E-state index contributed by atoms with van der Waals surface area (Å²) in [5.41, 5.74) is 1.43. The molecular formula is C12H15N3O. The van der Waals surface area contributed by atoms with E-state index in [9.17, 15) is 0 Å². The summed E-state index contributed by atoms with van der Waals surface area (Å²) >= 11 is 0. The zero-order chi connectivity index (χ0) is 11.2. The van der Waals surface area contributed by atoms with Gasteiger partial charge in [0, 0.05) is 19.8 Å². The first-order valence-corrected chi connectivity index (χ1v) is 5.56. The lowest BCUT2D eigenvalue weighted by atomic mass is 10.0. The molecule has 0 aromatic carbocycles. The quantitative estimate of drug-likeness (QED) is 0.838. The van der Waals surface area contributed by atoms with Crippen LogP contribution in [-0.4, -0.2) is 24.7 Å². The highest BCUT2D eigenvalue weighted by Crippen LogP contribution is 2.15. The molecule has 0 unspecified atom stereocenters. The second kappa shape index (κ2) is 5.47. The molecule has 2 heterocycles. The predicted molar refractivity (Wildman–Crippen MR) is 61.0 cm³/mol. The van der Waals surface area contributed by atoms with Crippen molar-refractivity contribution in [2.24, 2.45) is 5.92 Å². The number of anilines is 1. The van der Waals surface area contributed by atoms with Crippen LogP contribution < -0.4 is 5.32 Å². The van der Waals surface area contributed by atoms with E-state index < -0.39 is 0 Å². The first-order chi connectivity index (χ1) is 7.88. The summed E-state index contributed by atoms with van der Waals surface area (Å²) < 4.78 is 5.31. The number of rotatable bonds is 3. The van der Waals surface area contributed by atoms with Gasteiger partial charge in [-0.3, -0.25) is 0 Å². The summed E-state index contributed by atoms with van der Waals surface area (Å²) in [5.74, 6) is 0.685. The highest BCUT2D eigenvalue weighted by Gasteiger charge is 2.13. The van der Waals surface area contributed by atoms with Crippen molar-refractivity contribution in [3.8, 4) is 6.07 Å². The van der Waals surface area contributed by atoms with Gasteiger partial charge in [-0.15, -0.1) is 0 Å². The zero-order valence-corrected chi connectivity index (χ0v) is 9.15. The van der Waals surface area contributed by atoms with E-state index >= 15 is 0 Å². The van der Waals surface area contributed by atoms with Crippen LogP contribution in [0.25, 0.3) is 0 Å². The maximum absolute atomic E-state index is 8.62. The van der Waals surface area contributed by atoms with Gasteiger partial charge in [-0.2, -0.15) is 5.26 Å². The predicted octanol–water partition coefficient (Wildman–Crippen LogP) is 1.79. The number of pyridine rings is 1. The molecule has 84 valence electrons. The van der Waals surface area contributed by atoms with E-state index in [-0.39, 0.29) is 0 Å². The lowest BCUT2D eigenvalue weighted by Crippen LogP contribution is -2.22. The first-order valence-electron chi connectivity index (χ1n) is 5.56. The summed E-state index contributed by atoms with van der Waals surface area (Å²) in [6.45, 7) is 2.70. The van der Waals surface area contributed by atoms with Gasteiger partial charge in [0.1, 0.15) is 11.8 Å². The van der Waals surface area contributed by atoms with Crippen molar-refractivity contribution in [3.63, 3.8) is 0 Å². The van der Waals surface area contributed by atoms with Crippen LogP contribution in [0, 0.1) is 17.2 Å². The van der Waals surface area contributed by atoms with Crippen LogP contribution in [0.2, 0.25) is 0 Å². The molecule has 2 rings (SSSR count). The molecule has 0 aliphatic carbocycles. The highest BCUT2D eigenvalue weighted by molar-refractivity contribution is 5.42. The third kappa shape index (κ3) is 2.94. The third-order valence-electron chi connectivity index (χ3n) is 2.81. The van der Waals surface area contributed by atoms with E-state index in [0.29, 0.717) is 11.6 Å². The first kappa shape index (κ1) is 10.9. The molecule has 0 bridgehead atoms. The average molecular weight is 217 g/mol. The monoisotopic (exact) mass is 217 g/mol. The number of hydrogen-bond acceptors (Lipinski definition) is 4. The standard InChI is InChI=1S/C12H15N3O/c13-7-11-1-2-12(9-15-11)14-8-10-3-5-16-6-4-10/h1-2,9-10,14H,3-6,8H2. The summed E-state index contributed by atoms with van der Waals surface area (Å²) in [4.78, 5) is 4.01. The molecule has 1 saturated heterocycles. The largest absolute Gasteiger partial charge is 0.384 e. The molecule has 1 aromatic rings. The smallest absolute Gasteiger partial charge is 0.140 e. The van der Waals surface area contributed by atoms with Gasteiger partial charge in [0.25, 0.3) is 0 Å². The molecule has 0 spiro atoms. The van der Waals surface area contributed by atoms with Gasteiger partial charge >= 0.3 is 0 Å². The third-order valence-corrected chi connectivity index (χ3v) is 2.81. The molecule has 16 heavy (non-hydrogen) atoms. The number of nitrogens with one attached hydrogen (secondary N) is 1. The van der Waals surface area contributed by atoms with E-state index in [1.165, 1.54) is 0 Å². The number of nitriles is 1. The van der Waals surface area contributed by atoms with E-state index in [1.54, 1.807) is 12.3 Å². The Balaban J connectivity index is 1.82. The van der Waals surface area contributed by atoms with Gasteiger partial charge in [0.15, 0.2) is 0 Å². The van der Waals surface area contributed by atoms with Crippen molar-refractivity contribution in [2.75, 3.05) is 25.1 Å². The summed E-state index contributed by atoms with van der Waals surface area (Å²) in [6.07, 6.45) is 3.95. The number of hydrogen-bond donors (Lipinski definition) is 1. The van der Waals surface area contributed by atoms with Crippen molar-refractivity contribution in [3.05, 3.63) is 24.0 Å². The fourth-order valence-electron chi connectivity index (χ4n) is 1.78. The van der Waals surface area contributed by atoms with Crippen LogP contribution in [0.15, 0.2) is 18.3 Å². The summed E-state index contributed by atoms with van der Waals surface area (Å²) in [6, 6.07) is 5.63. The van der Waals surface area contributed by atoms with Crippen molar-refractivity contribution in [2.45, 2.75) is 12.8 Å². The van der Waals surface area contributed by atoms with Gasteiger partial charge in [-0.25, -0.2) is 4.98 Å². The van der Waals surface area contributed by atoms with Gasteiger partial charge in [0.05, 0.1) is 11.9 Å². The fourth-order valence-corrected chi connectivity index (χ4v) is 1.78. The van der Waals surface area contributed by atoms with Crippen molar-refractivity contribution < 1.29 is 4.74 Å².